The molecule has 0 saturated heterocycles. The standard InChI is InChI=1S/C17H16ClN3O5S2/c1-9-5-4-6-11(25-3)14(9)19-16(22)15-12(7-8-27-15)28(23,24)21-17-13(18)10(2)20-26-17/h4-8,21H,1-3H3,(H,19,22). The van der Waals surface area contributed by atoms with Crippen molar-refractivity contribution in [1.29, 1.82) is 0 Å². The molecule has 3 rings (SSSR count). The molecule has 0 saturated carbocycles. The van der Waals surface area contributed by atoms with Gasteiger partial charge in [0.25, 0.3) is 21.8 Å². The first-order valence-electron chi connectivity index (χ1n) is 7.91. The smallest absolute Gasteiger partial charge is 0.267 e. The number of para-hydroxylation sites is 1. The minimum absolute atomic E-state index is 0.00478. The number of carbonyl (C=O) groups excluding carboxylic acids is 1. The summed E-state index contributed by atoms with van der Waals surface area (Å²) in [6, 6.07) is 6.62. The van der Waals surface area contributed by atoms with E-state index in [0.717, 1.165) is 16.9 Å². The number of aryl methyl sites for hydroxylation is 2. The summed E-state index contributed by atoms with van der Waals surface area (Å²) in [5.74, 6) is -0.323. The normalized spacial score (nSPS) is 11.3. The molecule has 0 fully saturated rings. The van der Waals surface area contributed by atoms with Crippen LogP contribution in [0.2, 0.25) is 5.02 Å². The minimum Gasteiger partial charge on any atom is -0.495 e. The summed E-state index contributed by atoms with van der Waals surface area (Å²) in [5.41, 5.74) is 1.58. The topological polar surface area (TPSA) is 111 Å². The van der Waals surface area contributed by atoms with Crippen molar-refractivity contribution in [3.8, 4) is 5.75 Å². The van der Waals surface area contributed by atoms with Crippen molar-refractivity contribution in [2.24, 2.45) is 0 Å². The summed E-state index contributed by atoms with van der Waals surface area (Å²) in [7, 11) is -2.64. The van der Waals surface area contributed by atoms with Gasteiger partial charge in [-0.05, 0) is 36.9 Å². The molecule has 0 aliphatic rings. The van der Waals surface area contributed by atoms with E-state index in [1.165, 1.54) is 18.6 Å². The van der Waals surface area contributed by atoms with Crippen LogP contribution in [0.5, 0.6) is 5.75 Å². The molecule has 11 heteroatoms. The van der Waals surface area contributed by atoms with Crippen molar-refractivity contribution in [1.82, 2.24) is 5.16 Å². The fraction of sp³-hybridized carbons (Fsp3) is 0.176. The van der Waals surface area contributed by atoms with Gasteiger partial charge in [0.05, 0.1) is 12.8 Å². The number of aromatic nitrogens is 1. The van der Waals surface area contributed by atoms with E-state index in [2.05, 4.69) is 15.2 Å². The van der Waals surface area contributed by atoms with E-state index in [1.54, 1.807) is 32.0 Å². The molecule has 3 aromatic rings. The van der Waals surface area contributed by atoms with Crippen LogP contribution in [0.3, 0.4) is 0 Å². The highest BCUT2D eigenvalue weighted by Crippen LogP contribution is 2.32. The van der Waals surface area contributed by atoms with Gasteiger partial charge in [-0.3, -0.25) is 4.79 Å². The largest absolute Gasteiger partial charge is 0.495 e. The molecular formula is C17H16ClN3O5S2. The lowest BCUT2D eigenvalue weighted by molar-refractivity contribution is 0.102. The molecule has 2 aromatic heterocycles. The number of rotatable bonds is 6. The lowest BCUT2D eigenvalue weighted by atomic mass is 10.2. The maximum atomic E-state index is 12.8. The highest BCUT2D eigenvalue weighted by atomic mass is 35.5. The van der Waals surface area contributed by atoms with E-state index in [-0.39, 0.29) is 20.7 Å². The van der Waals surface area contributed by atoms with E-state index in [1.807, 2.05) is 0 Å². The Morgan fingerprint density at radius 2 is 2.04 bits per heavy atom. The quantitative estimate of drug-likeness (QED) is 0.596. The van der Waals surface area contributed by atoms with Gasteiger partial charge in [0.1, 0.15) is 26.2 Å². The third-order valence-electron chi connectivity index (χ3n) is 3.84. The molecule has 148 valence electrons. The fourth-order valence-electron chi connectivity index (χ4n) is 2.42. The molecule has 0 unspecified atom stereocenters. The molecule has 0 aliphatic carbocycles. The average Bonchev–Trinajstić information content (AvgIpc) is 3.26. The lowest BCUT2D eigenvalue weighted by Gasteiger charge is -2.13. The second-order valence-corrected chi connectivity index (χ2v) is 8.68. The van der Waals surface area contributed by atoms with Gasteiger partial charge in [0.15, 0.2) is 0 Å². The van der Waals surface area contributed by atoms with Crippen LogP contribution in [0.25, 0.3) is 0 Å². The van der Waals surface area contributed by atoms with Crippen molar-refractivity contribution < 1.29 is 22.5 Å². The SMILES string of the molecule is COc1cccc(C)c1NC(=O)c1sccc1S(=O)(=O)Nc1onc(C)c1Cl. The predicted molar refractivity (Wildman–Crippen MR) is 107 cm³/mol. The van der Waals surface area contributed by atoms with E-state index in [4.69, 9.17) is 20.9 Å². The van der Waals surface area contributed by atoms with Crippen LogP contribution >= 0.6 is 22.9 Å². The van der Waals surface area contributed by atoms with Gasteiger partial charge in [-0.2, -0.15) is 0 Å². The Morgan fingerprint density at radius 1 is 1.29 bits per heavy atom. The molecule has 0 spiro atoms. The first kappa shape index (κ1) is 20.2. The number of anilines is 2. The number of nitrogens with zero attached hydrogens (tertiary/aromatic N) is 1. The molecule has 0 bridgehead atoms. The monoisotopic (exact) mass is 441 g/mol. The van der Waals surface area contributed by atoms with Crippen LogP contribution in [-0.4, -0.2) is 26.6 Å². The van der Waals surface area contributed by atoms with E-state index in [9.17, 15) is 13.2 Å². The van der Waals surface area contributed by atoms with Crippen LogP contribution in [0.1, 0.15) is 20.9 Å². The zero-order valence-electron chi connectivity index (χ0n) is 15.1. The van der Waals surface area contributed by atoms with Gasteiger partial charge < -0.3 is 14.6 Å². The van der Waals surface area contributed by atoms with E-state index < -0.39 is 15.9 Å². The Morgan fingerprint density at radius 3 is 2.68 bits per heavy atom. The van der Waals surface area contributed by atoms with Crippen molar-refractivity contribution in [2.75, 3.05) is 17.1 Å². The molecule has 1 amide bonds. The third kappa shape index (κ3) is 3.84. The van der Waals surface area contributed by atoms with Gasteiger partial charge in [0.2, 0.25) is 0 Å². The van der Waals surface area contributed by atoms with E-state index in [0.29, 0.717) is 17.1 Å². The number of methoxy groups -OCH3 is 1. The van der Waals surface area contributed by atoms with Gasteiger partial charge in [-0.1, -0.05) is 28.9 Å². The summed E-state index contributed by atoms with van der Waals surface area (Å²) < 4.78 is 37.8. The maximum absolute atomic E-state index is 12.8. The number of thiophene rings is 1. The lowest BCUT2D eigenvalue weighted by Crippen LogP contribution is -2.19. The fourth-order valence-corrected chi connectivity index (χ4v) is 4.91. The van der Waals surface area contributed by atoms with Crippen molar-refractivity contribution in [2.45, 2.75) is 18.7 Å². The number of ether oxygens (including phenoxy) is 1. The second-order valence-electron chi connectivity index (χ2n) is 5.74. The van der Waals surface area contributed by atoms with Crippen molar-refractivity contribution in [3.05, 3.63) is 50.8 Å². The van der Waals surface area contributed by atoms with Gasteiger partial charge in [-0.25, -0.2) is 13.1 Å². The summed E-state index contributed by atoms with van der Waals surface area (Å²) in [6.07, 6.45) is 0. The average molecular weight is 442 g/mol. The van der Waals surface area contributed by atoms with Gasteiger partial charge in [-0.15, -0.1) is 11.3 Å². The Bertz CT molecular complexity index is 1140. The van der Waals surface area contributed by atoms with Crippen LogP contribution in [-0.2, 0) is 10.0 Å². The molecule has 1 aromatic carbocycles. The molecule has 2 N–H and O–H groups in total. The van der Waals surface area contributed by atoms with Gasteiger partial charge >= 0.3 is 0 Å². The number of sulfonamides is 1. The summed E-state index contributed by atoms with van der Waals surface area (Å²) >= 11 is 6.95. The number of nitrogens with one attached hydrogen (secondary N) is 2. The number of halogens is 1. The van der Waals surface area contributed by atoms with Crippen LogP contribution < -0.4 is 14.8 Å². The molecule has 2 heterocycles. The van der Waals surface area contributed by atoms with Crippen LogP contribution in [0.15, 0.2) is 39.1 Å². The first-order chi connectivity index (χ1) is 13.2. The zero-order chi connectivity index (χ0) is 20.5. The number of benzene rings is 1. The second kappa shape index (κ2) is 7.82. The molecule has 0 aliphatic heterocycles. The van der Waals surface area contributed by atoms with Crippen molar-refractivity contribution in [3.63, 3.8) is 0 Å². The van der Waals surface area contributed by atoms with Gasteiger partial charge in [0, 0.05) is 0 Å². The minimum atomic E-state index is -4.12. The molecule has 28 heavy (non-hydrogen) atoms. The number of hydrogen-bond acceptors (Lipinski definition) is 7. The third-order valence-corrected chi connectivity index (χ3v) is 6.70. The molecule has 8 nitrogen and oxygen atoms in total. The van der Waals surface area contributed by atoms with E-state index >= 15 is 0 Å². The first-order valence-corrected chi connectivity index (χ1v) is 10.7. The number of hydrogen-bond donors (Lipinski definition) is 2. The Labute approximate surface area is 170 Å². The zero-order valence-corrected chi connectivity index (χ0v) is 17.5. The highest BCUT2D eigenvalue weighted by molar-refractivity contribution is 7.93. The summed E-state index contributed by atoms with van der Waals surface area (Å²) in [6.45, 7) is 3.38. The molecule has 0 atom stereocenters. The number of carbonyl (C=O) groups is 1. The Balaban J connectivity index is 1.91. The molecule has 0 radical (unpaired) electrons. The number of amides is 1. The predicted octanol–water partition coefficient (Wildman–Crippen LogP) is 4.07. The van der Waals surface area contributed by atoms with Crippen LogP contribution in [0, 0.1) is 13.8 Å². The molecular weight excluding hydrogens is 426 g/mol. The highest BCUT2D eigenvalue weighted by Gasteiger charge is 2.27. The Kier molecular flexibility index (Phi) is 5.64. The summed E-state index contributed by atoms with van der Waals surface area (Å²) in [5, 5.41) is 7.87. The van der Waals surface area contributed by atoms with Crippen LogP contribution in [0.4, 0.5) is 11.6 Å². The maximum Gasteiger partial charge on any atom is 0.267 e. The van der Waals surface area contributed by atoms with Crippen molar-refractivity contribution >= 4 is 50.4 Å². The summed E-state index contributed by atoms with van der Waals surface area (Å²) in [4.78, 5) is 12.6. The Hall–Kier alpha value is -2.56.